The third-order valence-electron chi connectivity index (χ3n) is 5.61. The zero-order chi connectivity index (χ0) is 27.9. The van der Waals surface area contributed by atoms with Crippen LogP contribution in [-0.4, -0.2) is 40.5 Å². The van der Waals surface area contributed by atoms with Gasteiger partial charge in [0, 0.05) is 24.3 Å². The molecule has 0 spiro atoms. The minimum Gasteiger partial charge on any atom is -0.460 e. The molecule has 2 aromatic carbocycles. The molecule has 7 nitrogen and oxygen atoms in total. The molecule has 1 N–H and O–H groups in total. The molecule has 1 atom stereocenters. The first-order valence-corrected chi connectivity index (χ1v) is 12.6. The number of carbonyl (C=O) groups excluding carboxylic acids is 1. The number of hydrogen-bond acceptors (Lipinski definition) is 5. The minimum absolute atomic E-state index is 0.0642. The molecule has 1 amide bonds. The van der Waals surface area contributed by atoms with Crippen LogP contribution in [0.2, 0.25) is 0 Å². The van der Waals surface area contributed by atoms with Crippen LogP contribution in [0.25, 0.3) is 17.1 Å². The smallest absolute Gasteiger partial charge is 0.416 e. The van der Waals surface area contributed by atoms with Gasteiger partial charge in [-0.05, 0) is 61.1 Å². The van der Waals surface area contributed by atoms with E-state index in [9.17, 15) is 18.0 Å². The third kappa shape index (κ3) is 8.58. The maximum Gasteiger partial charge on any atom is 0.416 e. The van der Waals surface area contributed by atoms with Gasteiger partial charge in [-0.3, -0.25) is 4.79 Å². The minimum atomic E-state index is -4.44. The molecular weight excluding hydrogens is 497 g/mol. The molecule has 0 saturated carbocycles. The number of anilines is 1. The number of ether oxygens (including phenoxy) is 2. The maximum absolute atomic E-state index is 13.0. The van der Waals surface area contributed by atoms with Crippen LogP contribution in [0.5, 0.6) is 6.01 Å². The van der Waals surface area contributed by atoms with E-state index in [1.165, 1.54) is 16.8 Å². The van der Waals surface area contributed by atoms with E-state index < -0.39 is 11.7 Å². The number of amides is 1. The topological polar surface area (TPSA) is 78.3 Å². The van der Waals surface area contributed by atoms with Crippen molar-refractivity contribution in [1.82, 2.24) is 14.8 Å². The van der Waals surface area contributed by atoms with E-state index >= 15 is 0 Å². The molecule has 38 heavy (non-hydrogen) atoms. The fraction of sp³-hybridized carbons (Fsp3) is 0.464. The van der Waals surface area contributed by atoms with Gasteiger partial charge in [-0.2, -0.15) is 18.2 Å². The summed E-state index contributed by atoms with van der Waals surface area (Å²) in [5.74, 6) is 0.500. The van der Waals surface area contributed by atoms with Gasteiger partial charge in [0.15, 0.2) is 5.82 Å². The lowest BCUT2D eigenvalue weighted by Gasteiger charge is -2.22. The number of alkyl halides is 3. The van der Waals surface area contributed by atoms with E-state index in [-0.39, 0.29) is 29.9 Å². The average molecular weight is 533 g/mol. The van der Waals surface area contributed by atoms with Crippen LogP contribution in [0.3, 0.4) is 0 Å². The lowest BCUT2D eigenvalue weighted by atomic mass is 9.84. The van der Waals surface area contributed by atoms with E-state index in [0.717, 1.165) is 18.6 Å². The Kier molecular flexibility index (Phi) is 9.54. The number of aromatic nitrogens is 3. The van der Waals surface area contributed by atoms with Gasteiger partial charge in [0.2, 0.25) is 5.91 Å². The number of benzene rings is 2. The fourth-order valence-electron chi connectivity index (χ4n) is 4.20. The van der Waals surface area contributed by atoms with Crippen molar-refractivity contribution in [3.63, 3.8) is 0 Å². The predicted molar refractivity (Wildman–Crippen MR) is 140 cm³/mol. The van der Waals surface area contributed by atoms with Crippen molar-refractivity contribution >= 4 is 11.6 Å². The average Bonchev–Trinajstić information content (AvgIpc) is 3.24. The van der Waals surface area contributed by atoms with E-state index in [1.807, 2.05) is 6.92 Å². The summed E-state index contributed by atoms with van der Waals surface area (Å²) in [6, 6.07) is 11.8. The number of nitrogens with zero attached hydrogens (tertiary/aromatic N) is 3. The molecule has 0 radical (unpaired) electrons. The Labute approximate surface area is 221 Å². The van der Waals surface area contributed by atoms with Gasteiger partial charge in [-0.15, -0.1) is 5.10 Å². The predicted octanol–water partition coefficient (Wildman–Crippen LogP) is 6.77. The highest BCUT2D eigenvalue weighted by Crippen LogP contribution is 2.32. The number of nitrogens with one attached hydrogen (secondary N) is 1. The summed E-state index contributed by atoms with van der Waals surface area (Å²) >= 11 is 0. The highest BCUT2D eigenvalue weighted by atomic mass is 19.4. The highest BCUT2D eigenvalue weighted by molar-refractivity contribution is 5.90. The van der Waals surface area contributed by atoms with Crippen molar-refractivity contribution in [2.75, 3.05) is 25.1 Å². The second-order valence-electron chi connectivity index (χ2n) is 10.4. The number of hydrogen-bond donors (Lipinski definition) is 1. The zero-order valence-electron chi connectivity index (χ0n) is 22.4. The monoisotopic (exact) mass is 532 g/mol. The Morgan fingerprint density at radius 3 is 2.26 bits per heavy atom. The summed E-state index contributed by atoms with van der Waals surface area (Å²) in [5, 5.41) is 7.33. The van der Waals surface area contributed by atoms with Crippen molar-refractivity contribution in [3.05, 3.63) is 54.1 Å². The maximum atomic E-state index is 13.0. The molecule has 0 fully saturated rings. The van der Waals surface area contributed by atoms with Crippen LogP contribution in [0.15, 0.2) is 48.5 Å². The molecule has 0 aliphatic rings. The first-order chi connectivity index (χ1) is 17.9. The summed E-state index contributed by atoms with van der Waals surface area (Å²) in [5.41, 5.74) is 1.07. The first kappa shape index (κ1) is 29.2. The summed E-state index contributed by atoms with van der Waals surface area (Å²) in [6.07, 6.45) is -3.08. The molecule has 3 rings (SSSR count). The van der Waals surface area contributed by atoms with Crippen molar-refractivity contribution in [2.24, 2.45) is 11.3 Å². The second-order valence-corrected chi connectivity index (χ2v) is 10.4. The molecule has 1 unspecified atom stereocenters. The van der Waals surface area contributed by atoms with Crippen LogP contribution in [-0.2, 0) is 15.7 Å². The molecular formula is C28H35F3N4O3. The molecule has 3 aromatic rings. The first-order valence-electron chi connectivity index (χ1n) is 12.6. The van der Waals surface area contributed by atoms with Crippen LogP contribution in [0.1, 0.15) is 53.0 Å². The van der Waals surface area contributed by atoms with Gasteiger partial charge in [-0.1, -0.05) is 39.8 Å². The SMILES string of the molecule is CCOCCOc1nc(-c2ccc(C(F)(F)F)cc2)n(-c2ccc(NC(=O)CC(C)CC(C)(C)C)cc2)n1. The van der Waals surface area contributed by atoms with Gasteiger partial charge in [0.25, 0.3) is 0 Å². The lowest BCUT2D eigenvalue weighted by Crippen LogP contribution is -2.18. The van der Waals surface area contributed by atoms with E-state index in [4.69, 9.17) is 9.47 Å². The van der Waals surface area contributed by atoms with Crippen molar-refractivity contribution in [1.29, 1.82) is 0 Å². The molecule has 0 aliphatic heterocycles. The van der Waals surface area contributed by atoms with Gasteiger partial charge in [0.1, 0.15) is 6.61 Å². The number of rotatable bonds is 11. The molecule has 0 saturated heterocycles. The van der Waals surface area contributed by atoms with Crippen LogP contribution in [0, 0.1) is 11.3 Å². The molecule has 206 valence electrons. The van der Waals surface area contributed by atoms with Gasteiger partial charge >= 0.3 is 12.2 Å². The summed E-state index contributed by atoms with van der Waals surface area (Å²) in [4.78, 5) is 16.9. The Morgan fingerprint density at radius 2 is 1.68 bits per heavy atom. The van der Waals surface area contributed by atoms with E-state index in [2.05, 4.69) is 43.1 Å². The molecule has 10 heteroatoms. The second kappa shape index (κ2) is 12.4. The molecule has 1 aromatic heterocycles. The standard InChI is InChI=1S/C28H35F3N4O3/c1-6-37-15-16-38-26-33-25(20-7-9-21(10-8-20)28(29,30)31)35(34-26)23-13-11-22(12-14-23)32-24(36)17-19(2)18-27(3,4)5/h7-14,19H,6,15-18H2,1-5H3,(H,32,36). The van der Waals surface area contributed by atoms with Gasteiger partial charge in [-0.25, -0.2) is 4.68 Å². The van der Waals surface area contributed by atoms with Crippen LogP contribution >= 0.6 is 0 Å². The zero-order valence-corrected chi connectivity index (χ0v) is 22.4. The van der Waals surface area contributed by atoms with Gasteiger partial charge in [0.05, 0.1) is 17.9 Å². The number of carbonyl (C=O) groups is 1. The largest absolute Gasteiger partial charge is 0.460 e. The van der Waals surface area contributed by atoms with Crippen molar-refractivity contribution in [2.45, 2.75) is 53.6 Å². The fourth-order valence-corrected chi connectivity index (χ4v) is 4.20. The molecule has 0 bridgehead atoms. The molecule has 0 aliphatic carbocycles. The van der Waals surface area contributed by atoms with Crippen molar-refractivity contribution in [3.8, 4) is 23.1 Å². The summed E-state index contributed by atoms with van der Waals surface area (Å²) in [6.45, 7) is 11.5. The Hall–Kier alpha value is -3.40. The van der Waals surface area contributed by atoms with Gasteiger partial charge < -0.3 is 14.8 Å². The lowest BCUT2D eigenvalue weighted by molar-refractivity contribution is -0.137. The van der Waals surface area contributed by atoms with Crippen LogP contribution < -0.4 is 10.1 Å². The Morgan fingerprint density at radius 1 is 1.03 bits per heavy atom. The summed E-state index contributed by atoms with van der Waals surface area (Å²) < 4.78 is 51.5. The third-order valence-corrected chi connectivity index (χ3v) is 5.61. The van der Waals surface area contributed by atoms with E-state index in [0.29, 0.717) is 42.4 Å². The quantitative estimate of drug-likeness (QED) is 0.276. The van der Waals surface area contributed by atoms with Crippen LogP contribution in [0.4, 0.5) is 18.9 Å². The Balaban J connectivity index is 1.80. The van der Waals surface area contributed by atoms with E-state index in [1.54, 1.807) is 24.3 Å². The summed E-state index contributed by atoms with van der Waals surface area (Å²) in [7, 11) is 0. The number of halogens is 3. The normalized spacial score (nSPS) is 12.8. The molecule has 1 heterocycles. The van der Waals surface area contributed by atoms with Crippen molar-refractivity contribution < 1.29 is 27.4 Å². The Bertz CT molecular complexity index is 1180. The highest BCUT2D eigenvalue weighted by Gasteiger charge is 2.30.